The molecule has 0 aliphatic rings. The van der Waals surface area contributed by atoms with Crippen LogP contribution in [0.25, 0.3) is 10.4 Å². The number of aromatic nitrogens is 1. The summed E-state index contributed by atoms with van der Waals surface area (Å²) in [5.74, 6) is 0.873. The standard InChI is InChI=1S/C18H18N2OS/c1-21-16-9-7-15(8-10-16)17-12-20-18(22-17)13-19-11-14-5-3-2-4-6-14/h2-10,12,19H,11,13H2,1H3. The first-order valence-corrected chi connectivity index (χ1v) is 8.00. The molecule has 1 heterocycles. The van der Waals surface area contributed by atoms with E-state index < -0.39 is 0 Å². The van der Waals surface area contributed by atoms with Gasteiger partial charge < -0.3 is 10.1 Å². The van der Waals surface area contributed by atoms with Gasteiger partial charge in [-0.2, -0.15) is 0 Å². The van der Waals surface area contributed by atoms with Gasteiger partial charge in [0.1, 0.15) is 10.8 Å². The molecule has 112 valence electrons. The molecule has 0 radical (unpaired) electrons. The van der Waals surface area contributed by atoms with Crippen molar-refractivity contribution in [2.24, 2.45) is 0 Å². The third kappa shape index (κ3) is 3.72. The molecule has 0 unspecified atom stereocenters. The number of hydrogen-bond donors (Lipinski definition) is 1. The lowest BCUT2D eigenvalue weighted by atomic mass is 10.2. The van der Waals surface area contributed by atoms with E-state index in [9.17, 15) is 0 Å². The topological polar surface area (TPSA) is 34.1 Å². The van der Waals surface area contributed by atoms with E-state index in [0.29, 0.717) is 0 Å². The zero-order valence-corrected chi connectivity index (χ0v) is 13.3. The highest BCUT2D eigenvalue weighted by Crippen LogP contribution is 2.27. The fourth-order valence-corrected chi connectivity index (χ4v) is 3.08. The minimum Gasteiger partial charge on any atom is -0.497 e. The lowest BCUT2D eigenvalue weighted by Gasteiger charge is -2.02. The average molecular weight is 310 g/mol. The highest BCUT2D eigenvalue weighted by molar-refractivity contribution is 7.15. The van der Waals surface area contributed by atoms with Crippen LogP contribution in [0.2, 0.25) is 0 Å². The molecule has 0 aliphatic heterocycles. The van der Waals surface area contributed by atoms with Crippen LogP contribution in [-0.4, -0.2) is 12.1 Å². The van der Waals surface area contributed by atoms with Crippen LogP contribution in [-0.2, 0) is 13.1 Å². The molecule has 2 aromatic carbocycles. The van der Waals surface area contributed by atoms with Crippen molar-refractivity contribution >= 4 is 11.3 Å². The van der Waals surface area contributed by atoms with Crippen LogP contribution in [0.15, 0.2) is 60.8 Å². The van der Waals surface area contributed by atoms with Crippen molar-refractivity contribution in [2.45, 2.75) is 13.1 Å². The van der Waals surface area contributed by atoms with E-state index in [-0.39, 0.29) is 0 Å². The number of benzene rings is 2. The van der Waals surface area contributed by atoms with Crippen LogP contribution in [0, 0.1) is 0 Å². The van der Waals surface area contributed by atoms with E-state index >= 15 is 0 Å². The number of thiazole rings is 1. The van der Waals surface area contributed by atoms with Gasteiger partial charge in [-0.1, -0.05) is 30.3 Å². The Morgan fingerprint density at radius 3 is 2.50 bits per heavy atom. The lowest BCUT2D eigenvalue weighted by molar-refractivity contribution is 0.415. The Morgan fingerprint density at radius 2 is 1.77 bits per heavy atom. The molecule has 0 spiro atoms. The molecule has 3 nitrogen and oxygen atoms in total. The van der Waals surface area contributed by atoms with Gasteiger partial charge in [0, 0.05) is 19.3 Å². The first-order valence-electron chi connectivity index (χ1n) is 7.19. The molecule has 3 rings (SSSR count). The molecule has 0 saturated carbocycles. The van der Waals surface area contributed by atoms with E-state index in [2.05, 4.69) is 46.7 Å². The van der Waals surface area contributed by atoms with Gasteiger partial charge in [-0.05, 0) is 35.4 Å². The van der Waals surface area contributed by atoms with Gasteiger partial charge in [0.2, 0.25) is 0 Å². The lowest BCUT2D eigenvalue weighted by Crippen LogP contribution is -2.12. The van der Waals surface area contributed by atoms with Gasteiger partial charge in [0.15, 0.2) is 0 Å². The smallest absolute Gasteiger partial charge is 0.118 e. The molecular formula is C18H18N2OS. The van der Waals surface area contributed by atoms with Crippen LogP contribution in [0.3, 0.4) is 0 Å². The maximum Gasteiger partial charge on any atom is 0.118 e. The van der Waals surface area contributed by atoms with Crippen LogP contribution in [0.5, 0.6) is 5.75 Å². The SMILES string of the molecule is COc1ccc(-c2cnc(CNCc3ccccc3)s2)cc1. The summed E-state index contributed by atoms with van der Waals surface area (Å²) in [5, 5.41) is 4.53. The predicted octanol–water partition coefficient (Wildman–Crippen LogP) is 4.11. The molecule has 0 fully saturated rings. The third-order valence-corrected chi connectivity index (χ3v) is 4.42. The molecular weight excluding hydrogens is 292 g/mol. The Bertz CT molecular complexity index is 707. The van der Waals surface area contributed by atoms with Gasteiger partial charge in [-0.15, -0.1) is 11.3 Å². The second kappa shape index (κ2) is 7.20. The number of methoxy groups -OCH3 is 1. The average Bonchev–Trinajstić information content (AvgIpc) is 3.05. The molecule has 1 aromatic heterocycles. The van der Waals surface area contributed by atoms with Crippen molar-refractivity contribution in [3.63, 3.8) is 0 Å². The first-order chi connectivity index (χ1) is 10.8. The minimum absolute atomic E-state index is 0.787. The van der Waals surface area contributed by atoms with E-state index in [4.69, 9.17) is 4.74 Å². The third-order valence-electron chi connectivity index (χ3n) is 3.38. The van der Waals surface area contributed by atoms with Gasteiger partial charge in [0.25, 0.3) is 0 Å². The summed E-state index contributed by atoms with van der Waals surface area (Å²) in [6.07, 6.45) is 1.94. The van der Waals surface area contributed by atoms with Crippen molar-refractivity contribution in [1.29, 1.82) is 0 Å². The summed E-state index contributed by atoms with van der Waals surface area (Å²) >= 11 is 1.72. The fraction of sp³-hybridized carbons (Fsp3) is 0.167. The Balaban J connectivity index is 1.58. The highest BCUT2D eigenvalue weighted by Gasteiger charge is 2.04. The summed E-state index contributed by atoms with van der Waals surface area (Å²) in [6.45, 7) is 1.65. The monoisotopic (exact) mass is 310 g/mol. The van der Waals surface area contributed by atoms with Crippen molar-refractivity contribution in [1.82, 2.24) is 10.3 Å². The summed E-state index contributed by atoms with van der Waals surface area (Å²) < 4.78 is 5.18. The fourth-order valence-electron chi connectivity index (χ4n) is 2.19. The normalized spacial score (nSPS) is 10.6. The summed E-state index contributed by atoms with van der Waals surface area (Å²) in [4.78, 5) is 5.67. The van der Waals surface area contributed by atoms with Gasteiger partial charge in [0.05, 0.1) is 12.0 Å². The maximum atomic E-state index is 5.18. The first kappa shape index (κ1) is 14.8. The molecule has 1 N–H and O–H groups in total. The molecule has 22 heavy (non-hydrogen) atoms. The summed E-state index contributed by atoms with van der Waals surface area (Å²) in [7, 11) is 1.68. The zero-order chi connectivity index (χ0) is 15.2. The largest absolute Gasteiger partial charge is 0.497 e. The maximum absolute atomic E-state index is 5.18. The number of rotatable bonds is 6. The van der Waals surface area contributed by atoms with Gasteiger partial charge in [-0.3, -0.25) is 0 Å². The van der Waals surface area contributed by atoms with Crippen molar-refractivity contribution in [3.8, 4) is 16.2 Å². The number of nitrogens with one attached hydrogen (secondary N) is 1. The second-order valence-corrected chi connectivity index (χ2v) is 6.05. The summed E-state index contributed by atoms with van der Waals surface area (Å²) in [6, 6.07) is 18.5. The second-order valence-electron chi connectivity index (χ2n) is 4.94. The van der Waals surface area contributed by atoms with Crippen molar-refractivity contribution in [2.75, 3.05) is 7.11 Å². The molecule has 0 bridgehead atoms. The van der Waals surface area contributed by atoms with Crippen LogP contribution >= 0.6 is 11.3 Å². The van der Waals surface area contributed by atoms with Gasteiger partial charge >= 0.3 is 0 Å². The highest BCUT2D eigenvalue weighted by atomic mass is 32.1. The Hall–Kier alpha value is -2.17. The predicted molar refractivity (Wildman–Crippen MR) is 91.1 cm³/mol. The van der Waals surface area contributed by atoms with Crippen LogP contribution in [0.4, 0.5) is 0 Å². The van der Waals surface area contributed by atoms with Gasteiger partial charge in [-0.25, -0.2) is 4.98 Å². The molecule has 4 heteroatoms. The summed E-state index contributed by atoms with van der Waals surface area (Å²) in [5.41, 5.74) is 2.46. The van der Waals surface area contributed by atoms with Crippen LogP contribution in [0.1, 0.15) is 10.6 Å². The molecule has 0 aliphatic carbocycles. The number of hydrogen-bond acceptors (Lipinski definition) is 4. The van der Waals surface area contributed by atoms with E-state index in [1.807, 2.05) is 24.4 Å². The van der Waals surface area contributed by atoms with Crippen LogP contribution < -0.4 is 10.1 Å². The molecule has 3 aromatic rings. The Morgan fingerprint density at radius 1 is 1.00 bits per heavy atom. The van der Waals surface area contributed by atoms with E-state index in [0.717, 1.165) is 23.8 Å². The molecule has 0 amide bonds. The molecule has 0 saturated heterocycles. The van der Waals surface area contributed by atoms with Crippen molar-refractivity contribution in [3.05, 3.63) is 71.4 Å². The van der Waals surface area contributed by atoms with E-state index in [1.165, 1.54) is 16.0 Å². The number of nitrogens with zero attached hydrogens (tertiary/aromatic N) is 1. The van der Waals surface area contributed by atoms with E-state index in [1.54, 1.807) is 18.4 Å². The minimum atomic E-state index is 0.787. The van der Waals surface area contributed by atoms with Crippen molar-refractivity contribution < 1.29 is 4.74 Å². The molecule has 0 atom stereocenters. The quantitative estimate of drug-likeness (QED) is 0.744. The number of ether oxygens (including phenoxy) is 1. The zero-order valence-electron chi connectivity index (χ0n) is 12.5. The Kier molecular flexibility index (Phi) is 4.83. The Labute approximate surface area is 134 Å².